The summed E-state index contributed by atoms with van der Waals surface area (Å²) in [6, 6.07) is 0.954. The third-order valence-corrected chi connectivity index (χ3v) is 3.31. The van der Waals surface area contributed by atoms with E-state index >= 15 is 4.39 Å². The van der Waals surface area contributed by atoms with E-state index in [2.05, 4.69) is 0 Å². The lowest BCUT2D eigenvalue weighted by atomic mass is 9.94. The van der Waals surface area contributed by atoms with Crippen molar-refractivity contribution in [3.63, 3.8) is 0 Å². The van der Waals surface area contributed by atoms with Crippen molar-refractivity contribution in [3.8, 4) is 11.8 Å². The maximum atomic E-state index is 15.1. The predicted molar refractivity (Wildman–Crippen MR) is 70.5 cm³/mol. The number of rotatable bonds is 2. The zero-order valence-electron chi connectivity index (χ0n) is 11.5. The van der Waals surface area contributed by atoms with E-state index < -0.39 is 48.1 Å². The van der Waals surface area contributed by atoms with Crippen LogP contribution in [0.25, 0.3) is 0 Å². The van der Waals surface area contributed by atoms with Crippen molar-refractivity contribution in [2.24, 2.45) is 0 Å². The highest BCUT2D eigenvalue weighted by Crippen LogP contribution is 2.41. The van der Waals surface area contributed by atoms with E-state index in [9.17, 15) is 24.2 Å². The van der Waals surface area contributed by atoms with Gasteiger partial charge in [-0.25, -0.2) is 13.6 Å². The number of hydrogen-bond acceptors (Lipinski definition) is 5. The summed E-state index contributed by atoms with van der Waals surface area (Å²) < 4.78 is 33.2. The van der Waals surface area contributed by atoms with Crippen molar-refractivity contribution in [3.05, 3.63) is 33.1 Å². The van der Waals surface area contributed by atoms with Gasteiger partial charge in [0.15, 0.2) is 6.23 Å². The maximum Gasteiger partial charge on any atom is 0.330 e. The molecule has 9 heteroatoms. The molecule has 0 bridgehead atoms. The van der Waals surface area contributed by atoms with Crippen LogP contribution in [0.2, 0.25) is 0 Å². The molecule has 1 unspecified atom stereocenters. The molecular weight excluding hydrogens is 302 g/mol. The van der Waals surface area contributed by atoms with Crippen LogP contribution in [-0.2, 0) is 4.74 Å². The topological polar surface area (TPSA) is 105 Å². The number of halogens is 2. The maximum absolute atomic E-state index is 15.1. The van der Waals surface area contributed by atoms with Crippen LogP contribution < -0.4 is 11.2 Å². The van der Waals surface area contributed by atoms with Crippen LogP contribution in [0.15, 0.2) is 21.9 Å². The van der Waals surface area contributed by atoms with Gasteiger partial charge in [0, 0.05) is 12.3 Å². The number of aliphatic hydroxyl groups excluding tert-OH is 2. The Morgan fingerprint density at radius 1 is 1.59 bits per heavy atom. The number of H-pyrrole nitrogens is 1. The standard InChI is InChI=1S/C13H14F2N2O5/c1-7(18)9-10(20)13(15,4-2-5-14)11(22-9)17-6-3-8(19)16-12(17)21/h3,6-7,9-11,18,20H,5H2,1H3,(H,16,19,21)/t7-,9-,10+,11-,13?/m1/s1. The van der Waals surface area contributed by atoms with Crippen LogP contribution in [0.3, 0.4) is 0 Å². The van der Waals surface area contributed by atoms with Crippen molar-refractivity contribution in [1.29, 1.82) is 0 Å². The monoisotopic (exact) mass is 316 g/mol. The number of nitrogens with one attached hydrogen (secondary N) is 1. The summed E-state index contributed by atoms with van der Waals surface area (Å²) in [5.74, 6) is 3.75. The normalized spacial score (nSPS) is 32.3. The van der Waals surface area contributed by atoms with E-state index in [1.165, 1.54) is 6.92 Å². The Balaban J connectivity index is 2.55. The number of aromatic nitrogens is 2. The molecule has 0 spiro atoms. The predicted octanol–water partition coefficient (Wildman–Crippen LogP) is -1.14. The molecule has 5 atom stereocenters. The van der Waals surface area contributed by atoms with E-state index in [0.29, 0.717) is 4.57 Å². The molecule has 1 aliphatic rings. The van der Waals surface area contributed by atoms with E-state index in [1.54, 1.807) is 0 Å². The number of aliphatic hydroxyl groups is 2. The second kappa shape index (κ2) is 6.00. The Bertz CT molecular complexity index is 719. The number of hydrogen-bond donors (Lipinski definition) is 3. The average Bonchev–Trinajstić information content (AvgIpc) is 2.70. The Hall–Kier alpha value is -2.02. The van der Waals surface area contributed by atoms with Crippen molar-refractivity contribution >= 4 is 0 Å². The third kappa shape index (κ3) is 2.68. The fraction of sp³-hybridized carbons (Fsp3) is 0.538. The van der Waals surface area contributed by atoms with Crippen molar-refractivity contribution in [2.45, 2.75) is 37.1 Å². The zero-order chi connectivity index (χ0) is 16.5. The first-order chi connectivity index (χ1) is 10.3. The van der Waals surface area contributed by atoms with Crippen LogP contribution in [-0.4, -0.2) is 50.4 Å². The summed E-state index contributed by atoms with van der Waals surface area (Å²) in [6.07, 6.45) is -5.32. The van der Waals surface area contributed by atoms with Gasteiger partial charge in [-0.3, -0.25) is 14.3 Å². The summed E-state index contributed by atoms with van der Waals surface area (Å²) in [5, 5.41) is 19.5. The summed E-state index contributed by atoms with van der Waals surface area (Å²) >= 11 is 0. The van der Waals surface area contributed by atoms with Crippen molar-refractivity contribution in [1.82, 2.24) is 9.55 Å². The molecule has 0 saturated carbocycles. The number of nitrogens with zero attached hydrogens (tertiary/aromatic N) is 1. The SMILES string of the molecule is C[C@@H](O)[C@H]1O[C@@H](n2ccc(=O)[nH]c2=O)C(F)(C#CCF)[C@H]1O. The highest BCUT2D eigenvalue weighted by atomic mass is 19.1. The highest BCUT2D eigenvalue weighted by molar-refractivity contribution is 5.23. The van der Waals surface area contributed by atoms with Gasteiger partial charge in [0.1, 0.15) is 18.9 Å². The van der Waals surface area contributed by atoms with E-state index in [1.807, 2.05) is 16.8 Å². The van der Waals surface area contributed by atoms with Crippen LogP contribution in [0, 0.1) is 11.8 Å². The summed E-state index contributed by atoms with van der Waals surface area (Å²) in [4.78, 5) is 24.7. The van der Waals surface area contributed by atoms with Gasteiger partial charge in [-0.1, -0.05) is 11.8 Å². The Morgan fingerprint density at radius 3 is 2.82 bits per heavy atom. The second-order valence-electron chi connectivity index (χ2n) is 4.86. The molecule has 0 aliphatic carbocycles. The largest absolute Gasteiger partial charge is 0.391 e. The molecule has 0 aromatic carbocycles. The Kier molecular flexibility index (Phi) is 4.46. The minimum atomic E-state index is -2.82. The molecule has 1 aliphatic heterocycles. The van der Waals surface area contributed by atoms with E-state index in [0.717, 1.165) is 12.3 Å². The molecule has 1 aromatic rings. The first-order valence-electron chi connectivity index (χ1n) is 6.39. The molecule has 1 fully saturated rings. The molecular formula is C13H14F2N2O5. The lowest BCUT2D eigenvalue weighted by molar-refractivity contribution is -0.0803. The Morgan fingerprint density at radius 2 is 2.27 bits per heavy atom. The summed E-state index contributed by atoms with van der Waals surface area (Å²) in [6.45, 7) is 0.0971. The highest BCUT2D eigenvalue weighted by Gasteiger charge is 2.59. The lowest BCUT2D eigenvalue weighted by Gasteiger charge is -2.24. The van der Waals surface area contributed by atoms with Crippen LogP contribution in [0.4, 0.5) is 8.78 Å². The molecule has 1 aromatic heterocycles. The van der Waals surface area contributed by atoms with Crippen molar-refractivity contribution < 1.29 is 23.7 Å². The number of aromatic amines is 1. The molecule has 120 valence electrons. The van der Waals surface area contributed by atoms with Gasteiger partial charge >= 0.3 is 5.69 Å². The molecule has 0 amide bonds. The first-order valence-corrected chi connectivity index (χ1v) is 6.39. The molecule has 7 nitrogen and oxygen atoms in total. The third-order valence-electron chi connectivity index (χ3n) is 3.31. The zero-order valence-corrected chi connectivity index (χ0v) is 11.5. The van der Waals surface area contributed by atoms with Gasteiger partial charge in [0.2, 0.25) is 5.67 Å². The van der Waals surface area contributed by atoms with Crippen LogP contribution >= 0.6 is 0 Å². The molecule has 3 N–H and O–H groups in total. The smallest absolute Gasteiger partial charge is 0.330 e. The summed E-state index contributed by atoms with van der Waals surface area (Å²) in [7, 11) is 0. The van der Waals surface area contributed by atoms with Crippen molar-refractivity contribution in [2.75, 3.05) is 6.67 Å². The fourth-order valence-electron chi connectivity index (χ4n) is 2.27. The second-order valence-corrected chi connectivity index (χ2v) is 4.86. The number of alkyl halides is 2. The lowest BCUT2D eigenvalue weighted by Crippen LogP contribution is -2.46. The molecule has 0 radical (unpaired) electrons. The quantitative estimate of drug-likeness (QED) is 0.598. The van der Waals surface area contributed by atoms with E-state index in [-0.39, 0.29) is 0 Å². The Labute approximate surface area is 123 Å². The first kappa shape index (κ1) is 16.4. The van der Waals surface area contributed by atoms with Gasteiger partial charge in [-0.15, -0.1) is 0 Å². The average molecular weight is 316 g/mol. The summed E-state index contributed by atoms with van der Waals surface area (Å²) in [5.41, 5.74) is -4.51. The minimum Gasteiger partial charge on any atom is -0.391 e. The molecule has 2 heterocycles. The molecule has 1 saturated heterocycles. The van der Waals surface area contributed by atoms with Gasteiger partial charge < -0.3 is 14.9 Å². The molecule has 2 rings (SSSR count). The van der Waals surface area contributed by atoms with E-state index in [4.69, 9.17) is 4.74 Å². The fourth-order valence-corrected chi connectivity index (χ4v) is 2.27. The molecule has 22 heavy (non-hydrogen) atoms. The van der Waals surface area contributed by atoms with Gasteiger partial charge in [0.05, 0.1) is 6.10 Å². The van der Waals surface area contributed by atoms with Gasteiger partial charge in [-0.2, -0.15) is 0 Å². The van der Waals surface area contributed by atoms with Crippen LogP contribution in [0.1, 0.15) is 13.2 Å². The van der Waals surface area contributed by atoms with Crippen LogP contribution in [0.5, 0.6) is 0 Å². The number of ether oxygens (including phenoxy) is 1. The van der Waals surface area contributed by atoms with Gasteiger partial charge in [0.25, 0.3) is 5.56 Å². The minimum absolute atomic E-state index is 0.680. The van der Waals surface area contributed by atoms with Gasteiger partial charge in [-0.05, 0) is 6.92 Å².